The molecule has 1 amide bonds. The fraction of sp³-hybridized carbons (Fsp3) is 0.118. The number of nitrogens with zero attached hydrogens (tertiary/aromatic N) is 2. The number of rotatable bonds is 6. The summed E-state index contributed by atoms with van der Waals surface area (Å²) >= 11 is 1.19. The molecule has 0 aliphatic carbocycles. The van der Waals surface area contributed by atoms with Crippen molar-refractivity contribution in [2.75, 3.05) is 11.1 Å². The Morgan fingerprint density at radius 2 is 1.88 bits per heavy atom. The number of carbonyl (C=O) groups is 1. The average Bonchev–Trinajstić information content (AvgIpc) is 3.01. The zero-order valence-electron chi connectivity index (χ0n) is 12.9. The van der Waals surface area contributed by atoms with Gasteiger partial charge in [-0.2, -0.15) is 0 Å². The van der Waals surface area contributed by atoms with Crippen molar-refractivity contribution in [3.63, 3.8) is 0 Å². The van der Waals surface area contributed by atoms with E-state index in [1.54, 1.807) is 19.1 Å². The van der Waals surface area contributed by atoms with Crippen molar-refractivity contribution >= 4 is 23.4 Å². The van der Waals surface area contributed by atoms with E-state index >= 15 is 0 Å². The van der Waals surface area contributed by atoms with Crippen LogP contribution in [-0.2, 0) is 4.79 Å². The second-order valence-electron chi connectivity index (χ2n) is 4.84. The quantitative estimate of drug-likeness (QED) is 0.685. The van der Waals surface area contributed by atoms with Crippen molar-refractivity contribution in [3.05, 3.63) is 60.5 Å². The van der Waals surface area contributed by atoms with Crippen LogP contribution >= 0.6 is 11.8 Å². The van der Waals surface area contributed by atoms with Gasteiger partial charge in [0.1, 0.15) is 5.75 Å². The number of hydrogen-bond donors (Lipinski definition) is 1. The lowest BCUT2D eigenvalue weighted by Crippen LogP contribution is -2.14. The van der Waals surface area contributed by atoms with Crippen molar-refractivity contribution in [3.8, 4) is 11.5 Å². The minimum absolute atomic E-state index is 0.168. The molecule has 1 aromatic heterocycles. The molecule has 24 heavy (non-hydrogen) atoms. The molecular weight excluding hydrogens is 326 g/mol. The fourth-order valence-corrected chi connectivity index (χ4v) is 2.53. The molecule has 0 atom stereocenters. The lowest BCUT2D eigenvalue weighted by atomic mass is 10.3. The molecule has 0 saturated carbocycles. The Labute approximate surface area is 143 Å². The van der Waals surface area contributed by atoms with Gasteiger partial charge in [0.15, 0.2) is 5.75 Å². The largest absolute Gasteiger partial charge is 0.455 e. The number of hydrogen-bond acceptors (Lipinski definition) is 6. The zero-order valence-corrected chi connectivity index (χ0v) is 13.7. The molecule has 1 heterocycles. The fourth-order valence-electron chi connectivity index (χ4n) is 1.92. The monoisotopic (exact) mass is 341 g/mol. The Morgan fingerprint density at radius 3 is 2.62 bits per heavy atom. The van der Waals surface area contributed by atoms with E-state index in [0.29, 0.717) is 28.3 Å². The lowest BCUT2D eigenvalue weighted by molar-refractivity contribution is -0.113. The van der Waals surface area contributed by atoms with Gasteiger partial charge in [-0.25, -0.2) is 0 Å². The van der Waals surface area contributed by atoms with Crippen LogP contribution < -0.4 is 10.1 Å². The lowest BCUT2D eigenvalue weighted by Gasteiger charge is -2.11. The van der Waals surface area contributed by atoms with Crippen LogP contribution in [-0.4, -0.2) is 21.9 Å². The van der Waals surface area contributed by atoms with Crippen LogP contribution in [0.4, 0.5) is 5.69 Å². The summed E-state index contributed by atoms with van der Waals surface area (Å²) in [7, 11) is 0. The van der Waals surface area contributed by atoms with E-state index < -0.39 is 0 Å². The van der Waals surface area contributed by atoms with Gasteiger partial charge in [-0.15, -0.1) is 10.2 Å². The number of aryl methyl sites for hydroxylation is 1. The molecule has 122 valence electrons. The third kappa shape index (κ3) is 4.36. The molecule has 0 unspecified atom stereocenters. The van der Waals surface area contributed by atoms with Crippen LogP contribution in [0.15, 0.2) is 64.2 Å². The minimum Gasteiger partial charge on any atom is -0.455 e. The van der Waals surface area contributed by atoms with Gasteiger partial charge in [-0.1, -0.05) is 42.1 Å². The van der Waals surface area contributed by atoms with Crippen molar-refractivity contribution < 1.29 is 13.9 Å². The van der Waals surface area contributed by atoms with Gasteiger partial charge in [-0.05, 0) is 24.3 Å². The molecule has 3 rings (SSSR count). The van der Waals surface area contributed by atoms with Crippen LogP contribution in [0.3, 0.4) is 0 Å². The molecule has 0 spiro atoms. The number of ether oxygens (including phenoxy) is 1. The molecule has 0 bridgehead atoms. The van der Waals surface area contributed by atoms with Gasteiger partial charge in [0.05, 0.1) is 11.4 Å². The van der Waals surface area contributed by atoms with Gasteiger partial charge in [0.25, 0.3) is 5.22 Å². The number of para-hydroxylation sites is 3. The van der Waals surface area contributed by atoms with E-state index in [-0.39, 0.29) is 11.7 Å². The number of carbonyl (C=O) groups excluding carboxylic acids is 1. The first-order chi connectivity index (χ1) is 11.7. The Hall–Kier alpha value is -2.80. The number of amides is 1. The predicted molar refractivity (Wildman–Crippen MR) is 91.3 cm³/mol. The van der Waals surface area contributed by atoms with E-state index in [1.165, 1.54) is 11.8 Å². The summed E-state index contributed by atoms with van der Waals surface area (Å²) in [6.07, 6.45) is 0. The molecule has 7 heteroatoms. The smallest absolute Gasteiger partial charge is 0.277 e. The highest BCUT2D eigenvalue weighted by atomic mass is 32.2. The first-order valence-electron chi connectivity index (χ1n) is 7.25. The molecule has 0 fully saturated rings. The molecule has 6 nitrogen and oxygen atoms in total. The normalized spacial score (nSPS) is 10.4. The van der Waals surface area contributed by atoms with E-state index in [9.17, 15) is 4.79 Å². The molecule has 1 N–H and O–H groups in total. The average molecular weight is 341 g/mol. The summed E-state index contributed by atoms with van der Waals surface area (Å²) in [5.41, 5.74) is 0.605. The highest BCUT2D eigenvalue weighted by Crippen LogP contribution is 2.29. The number of anilines is 1. The zero-order chi connectivity index (χ0) is 16.8. The van der Waals surface area contributed by atoms with E-state index in [2.05, 4.69) is 15.5 Å². The molecule has 0 saturated heterocycles. The molecule has 3 aromatic rings. The number of benzene rings is 2. The van der Waals surface area contributed by atoms with Crippen molar-refractivity contribution in [1.82, 2.24) is 10.2 Å². The molecule has 0 radical (unpaired) electrons. The van der Waals surface area contributed by atoms with Crippen LogP contribution in [0.5, 0.6) is 11.5 Å². The maximum atomic E-state index is 12.1. The Bertz CT molecular complexity index is 821. The first-order valence-corrected chi connectivity index (χ1v) is 8.24. The van der Waals surface area contributed by atoms with Crippen LogP contribution in [0.2, 0.25) is 0 Å². The number of aromatic nitrogens is 2. The third-order valence-electron chi connectivity index (χ3n) is 2.97. The van der Waals surface area contributed by atoms with E-state index in [1.807, 2.05) is 42.5 Å². The topological polar surface area (TPSA) is 77.2 Å². The third-order valence-corrected chi connectivity index (χ3v) is 3.78. The van der Waals surface area contributed by atoms with Gasteiger partial charge < -0.3 is 14.5 Å². The van der Waals surface area contributed by atoms with Gasteiger partial charge >= 0.3 is 0 Å². The highest BCUT2D eigenvalue weighted by Gasteiger charge is 2.11. The summed E-state index contributed by atoms with van der Waals surface area (Å²) in [5.74, 6) is 1.74. The van der Waals surface area contributed by atoms with Gasteiger partial charge in [0, 0.05) is 6.92 Å². The maximum absolute atomic E-state index is 12.1. The SMILES string of the molecule is Cc1nnc(SCC(=O)Nc2ccccc2Oc2ccccc2)o1. The second-order valence-corrected chi connectivity index (χ2v) is 5.76. The standard InChI is InChI=1S/C17H15N3O3S/c1-12-19-20-17(22-12)24-11-16(21)18-14-9-5-6-10-15(14)23-13-7-3-2-4-8-13/h2-10H,11H2,1H3,(H,18,21). The second kappa shape index (κ2) is 7.65. The van der Waals surface area contributed by atoms with Crippen molar-refractivity contribution in [2.45, 2.75) is 12.1 Å². The Balaban J connectivity index is 1.63. The number of thioether (sulfide) groups is 1. The minimum atomic E-state index is -0.181. The summed E-state index contributed by atoms with van der Waals surface area (Å²) in [6.45, 7) is 1.70. The summed E-state index contributed by atoms with van der Waals surface area (Å²) < 4.78 is 11.0. The van der Waals surface area contributed by atoms with Gasteiger partial charge in [0.2, 0.25) is 11.8 Å². The van der Waals surface area contributed by atoms with Gasteiger partial charge in [-0.3, -0.25) is 4.79 Å². The number of nitrogens with one attached hydrogen (secondary N) is 1. The Morgan fingerprint density at radius 1 is 1.12 bits per heavy atom. The predicted octanol–water partition coefficient (Wildman–Crippen LogP) is 3.90. The molecule has 2 aromatic carbocycles. The van der Waals surface area contributed by atoms with Crippen LogP contribution in [0, 0.1) is 6.92 Å². The van der Waals surface area contributed by atoms with Crippen LogP contribution in [0.1, 0.15) is 5.89 Å². The molecule has 0 aliphatic rings. The van der Waals surface area contributed by atoms with E-state index in [4.69, 9.17) is 9.15 Å². The molecule has 0 aliphatic heterocycles. The molecular formula is C17H15N3O3S. The summed E-state index contributed by atoms with van der Waals surface area (Å²) in [6, 6.07) is 16.7. The van der Waals surface area contributed by atoms with Crippen molar-refractivity contribution in [1.29, 1.82) is 0 Å². The summed E-state index contributed by atoms with van der Waals surface area (Å²) in [4.78, 5) is 12.1. The van der Waals surface area contributed by atoms with Crippen LogP contribution in [0.25, 0.3) is 0 Å². The maximum Gasteiger partial charge on any atom is 0.277 e. The Kier molecular flexibility index (Phi) is 5.12. The first kappa shape index (κ1) is 16.1. The van der Waals surface area contributed by atoms with E-state index in [0.717, 1.165) is 0 Å². The highest BCUT2D eigenvalue weighted by molar-refractivity contribution is 7.99. The van der Waals surface area contributed by atoms with Crippen molar-refractivity contribution in [2.24, 2.45) is 0 Å². The summed E-state index contributed by atoms with van der Waals surface area (Å²) in [5, 5.41) is 10.8.